The first kappa shape index (κ1) is 9.83. The van der Waals surface area contributed by atoms with Crippen LogP contribution in [0.4, 0.5) is 11.4 Å². The van der Waals surface area contributed by atoms with Crippen LogP contribution in [-0.2, 0) is 16.0 Å². The van der Waals surface area contributed by atoms with Crippen LogP contribution in [0.2, 0.25) is 0 Å². The number of carbonyl (C=O) groups excluding carboxylic acids is 1. The SMILES string of the molecule is COC(=O)C1CNc2c(N)cccc2C1. The molecule has 0 saturated carbocycles. The summed E-state index contributed by atoms with van der Waals surface area (Å²) in [5.41, 5.74) is 8.59. The predicted molar refractivity (Wildman–Crippen MR) is 58.6 cm³/mol. The maximum Gasteiger partial charge on any atom is 0.310 e. The molecule has 2 rings (SSSR count). The number of benzene rings is 1. The molecule has 15 heavy (non-hydrogen) atoms. The smallest absolute Gasteiger partial charge is 0.310 e. The summed E-state index contributed by atoms with van der Waals surface area (Å²) in [6.07, 6.45) is 0.694. The van der Waals surface area contributed by atoms with Gasteiger partial charge in [-0.3, -0.25) is 4.79 Å². The summed E-state index contributed by atoms with van der Waals surface area (Å²) in [7, 11) is 1.41. The lowest BCUT2D eigenvalue weighted by Crippen LogP contribution is -2.30. The lowest BCUT2D eigenvalue weighted by molar-refractivity contribution is -0.145. The van der Waals surface area contributed by atoms with Crippen LogP contribution in [0.15, 0.2) is 18.2 Å². The molecular weight excluding hydrogens is 192 g/mol. The number of nitrogens with two attached hydrogens (primary N) is 1. The van der Waals surface area contributed by atoms with Crippen molar-refractivity contribution in [2.45, 2.75) is 6.42 Å². The van der Waals surface area contributed by atoms with Crippen LogP contribution in [0.25, 0.3) is 0 Å². The van der Waals surface area contributed by atoms with E-state index in [4.69, 9.17) is 10.5 Å². The first-order valence-corrected chi connectivity index (χ1v) is 4.91. The highest BCUT2D eigenvalue weighted by Crippen LogP contribution is 2.30. The molecule has 1 aliphatic heterocycles. The molecule has 3 N–H and O–H groups in total. The fraction of sp³-hybridized carbons (Fsp3) is 0.364. The number of anilines is 2. The topological polar surface area (TPSA) is 64.3 Å². The van der Waals surface area contributed by atoms with Gasteiger partial charge in [0.25, 0.3) is 0 Å². The molecule has 0 aromatic heterocycles. The second-order valence-electron chi connectivity index (χ2n) is 3.69. The number of ether oxygens (including phenoxy) is 1. The van der Waals surface area contributed by atoms with Gasteiger partial charge in [-0.15, -0.1) is 0 Å². The van der Waals surface area contributed by atoms with Gasteiger partial charge < -0.3 is 15.8 Å². The number of rotatable bonds is 1. The molecule has 1 aromatic carbocycles. The lowest BCUT2D eigenvalue weighted by atomic mass is 9.93. The summed E-state index contributed by atoms with van der Waals surface area (Å²) >= 11 is 0. The van der Waals surface area contributed by atoms with Crippen molar-refractivity contribution in [1.29, 1.82) is 0 Å². The maximum absolute atomic E-state index is 11.4. The number of esters is 1. The van der Waals surface area contributed by atoms with E-state index in [1.807, 2.05) is 18.2 Å². The van der Waals surface area contributed by atoms with Crippen molar-refractivity contribution in [3.63, 3.8) is 0 Å². The molecule has 0 radical (unpaired) electrons. The van der Waals surface area contributed by atoms with Crippen LogP contribution < -0.4 is 11.1 Å². The Balaban J connectivity index is 2.24. The second kappa shape index (κ2) is 3.81. The van der Waals surface area contributed by atoms with Gasteiger partial charge in [0.1, 0.15) is 0 Å². The van der Waals surface area contributed by atoms with Gasteiger partial charge in [0, 0.05) is 6.54 Å². The quantitative estimate of drug-likeness (QED) is 0.532. The number of nitrogens with one attached hydrogen (secondary N) is 1. The number of hydrogen-bond acceptors (Lipinski definition) is 4. The molecule has 0 amide bonds. The number of carbonyl (C=O) groups is 1. The number of fused-ring (bicyclic) bond motifs is 1. The Hall–Kier alpha value is -1.71. The van der Waals surface area contributed by atoms with Gasteiger partial charge in [0.15, 0.2) is 0 Å². The summed E-state index contributed by atoms with van der Waals surface area (Å²) in [4.78, 5) is 11.4. The third-order valence-corrected chi connectivity index (χ3v) is 2.71. The van der Waals surface area contributed by atoms with Crippen LogP contribution in [0, 0.1) is 5.92 Å². The number of methoxy groups -OCH3 is 1. The van der Waals surface area contributed by atoms with E-state index in [-0.39, 0.29) is 11.9 Å². The van der Waals surface area contributed by atoms with E-state index < -0.39 is 0 Å². The fourth-order valence-electron chi connectivity index (χ4n) is 1.90. The molecule has 0 spiro atoms. The average Bonchev–Trinajstić information content (AvgIpc) is 2.28. The van der Waals surface area contributed by atoms with E-state index in [0.29, 0.717) is 13.0 Å². The van der Waals surface area contributed by atoms with E-state index in [9.17, 15) is 4.79 Å². The predicted octanol–water partition coefficient (Wildman–Crippen LogP) is 1.03. The van der Waals surface area contributed by atoms with Gasteiger partial charge >= 0.3 is 5.97 Å². The van der Waals surface area contributed by atoms with E-state index >= 15 is 0 Å². The number of nitrogen functional groups attached to an aromatic ring is 1. The summed E-state index contributed by atoms with van der Waals surface area (Å²) in [5.74, 6) is -0.278. The molecule has 0 fully saturated rings. The van der Waals surface area contributed by atoms with Crippen LogP contribution >= 0.6 is 0 Å². The largest absolute Gasteiger partial charge is 0.469 e. The third kappa shape index (κ3) is 1.75. The molecule has 80 valence electrons. The summed E-state index contributed by atoms with van der Waals surface area (Å²) in [6.45, 7) is 0.591. The summed E-state index contributed by atoms with van der Waals surface area (Å²) in [6, 6.07) is 5.73. The highest BCUT2D eigenvalue weighted by Gasteiger charge is 2.25. The lowest BCUT2D eigenvalue weighted by Gasteiger charge is -2.25. The van der Waals surface area contributed by atoms with Crippen LogP contribution in [0.1, 0.15) is 5.56 Å². The molecule has 1 aliphatic rings. The Kier molecular flexibility index (Phi) is 2.49. The van der Waals surface area contributed by atoms with Gasteiger partial charge in [0.05, 0.1) is 24.4 Å². The minimum Gasteiger partial charge on any atom is -0.469 e. The van der Waals surface area contributed by atoms with Gasteiger partial charge in [-0.05, 0) is 18.1 Å². The monoisotopic (exact) mass is 206 g/mol. The van der Waals surface area contributed by atoms with Gasteiger partial charge in [-0.25, -0.2) is 0 Å². The summed E-state index contributed by atoms with van der Waals surface area (Å²) in [5, 5.41) is 3.17. The van der Waals surface area contributed by atoms with Crippen LogP contribution in [-0.4, -0.2) is 19.6 Å². The molecule has 4 nitrogen and oxygen atoms in total. The van der Waals surface area contributed by atoms with E-state index in [1.165, 1.54) is 7.11 Å². The molecule has 0 saturated heterocycles. The van der Waals surface area contributed by atoms with Crippen molar-refractivity contribution in [2.24, 2.45) is 5.92 Å². The first-order chi connectivity index (χ1) is 7.22. The molecule has 1 unspecified atom stereocenters. The van der Waals surface area contributed by atoms with E-state index in [2.05, 4.69) is 5.32 Å². The molecule has 1 aromatic rings. The fourth-order valence-corrected chi connectivity index (χ4v) is 1.90. The van der Waals surface area contributed by atoms with Crippen molar-refractivity contribution >= 4 is 17.3 Å². The van der Waals surface area contributed by atoms with Crippen molar-refractivity contribution < 1.29 is 9.53 Å². The highest BCUT2D eigenvalue weighted by molar-refractivity contribution is 5.78. The molecule has 0 bridgehead atoms. The zero-order valence-corrected chi connectivity index (χ0v) is 8.62. The number of hydrogen-bond donors (Lipinski definition) is 2. The van der Waals surface area contributed by atoms with Gasteiger partial charge in [0.2, 0.25) is 0 Å². The Labute approximate surface area is 88.4 Å². The Morgan fingerprint density at radius 2 is 2.40 bits per heavy atom. The van der Waals surface area contributed by atoms with Crippen LogP contribution in [0.5, 0.6) is 0 Å². The van der Waals surface area contributed by atoms with Crippen LogP contribution in [0.3, 0.4) is 0 Å². The second-order valence-corrected chi connectivity index (χ2v) is 3.69. The first-order valence-electron chi connectivity index (χ1n) is 4.91. The van der Waals surface area contributed by atoms with Crippen molar-refractivity contribution in [3.8, 4) is 0 Å². The standard InChI is InChI=1S/C11H14N2O2/c1-15-11(14)8-5-7-3-2-4-9(12)10(7)13-6-8/h2-4,8,13H,5-6,12H2,1H3. The van der Waals surface area contributed by atoms with Gasteiger partial charge in [-0.2, -0.15) is 0 Å². The van der Waals surface area contributed by atoms with Crippen molar-refractivity contribution in [3.05, 3.63) is 23.8 Å². The Morgan fingerprint density at radius 3 is 3.13 bits per heavy atom. The molecule has 1 atom stereocenters. The normalized spacial score (nSPS) is 18.9. The zero-order valence-electron chi connectivity index (χ0n) is 8.62. The Bertz CT molecular complexity index is 390. The molecule has 4 heteroatoms. The summed E-state index contributed by atoms with van der Waals surface area (Å²) < 4.78 is 4.72. The minimum atomic E-state index is -0.171. The minimum absolute atomic E-state index is 0.107. The maximum atomic E-state index is 11.4. The number of para-hydroxylation sites is 1. The molecule has 1 heterocycles. The van der Waals surface area contributed by atoms with Crippen molar-refractivity contribution in [1.82, 2.24) is 0 Å². The highest BCUT2D eigenvalue weighted by atomic mass is 16.5. The third-order valence-electron chi connectivity index (χ3n) is 2.71. The Morgan fingerprint density at radius 1 is 1.60 bits per heavy atom. The molecular formula is C11H14N2O2. The zero-order chi connectivity index (χ0) is 10.8. The van der Waals surface area contributed by atoms with E-state index in [1.54, 1.807) is 0 Å². The van der Waals surface area contributed by atoms with Gasteiger partial charge in [-0.1, -0.05) is 12.1 Å². The van der Waals surface area contributed by atoms with E-state index in [0.717, 1.165) is 16.9 Å². The van der Waals surface area contributed by atoms with Crippen molar-refractivity contribution in [2.75, 3.05) is 24.7 Å². The molecule has 0 aliphatic carbocycles. The average molecular weight is 206 g/mol.